The molecule has 7 nitrogen and oxygen atoms in total. The van der Waals surface area contributed by atoms with Crippen molar-refractivity contribution in [2.45, 2.75) is 33.2 Å². The molecule has 0 aliphatic carbocycles. The molecule has 0 saturated heterocycles. The summed E-state index contributed by atoms with van der Waals surface area (Å²) in [7, 11) is 0. The van der Waals surface area contributed by atoms with E-state index in [2.05, 4.69) is 9.98 Å². The van der Waals surface area contributed by atoms with Crippen LogP contribution in [-0.2, 0) is 13.2 Å². The van der Waals surface area contributed by atoms with Crippen LogP contribution in [0.25, 0.3) is 0 Å². The van der Waals surface area contributed by atoms with Crippen molar-refractivity contribution in [2.75, 3.05) is 13.1 Å². The van der Waals surface area contributed by atoms with Crippen LogP contribution in [0.1, 0.15) is 33.4 Å². The van der Waals surface area contributed by atoms with Crippen LogP contribution in [0.4, 0.5) is 0 Å². The lowest BCUT2D eigenvalue weighted by Gasteiger charge is -2.08. The molecule has 0 heterocycles. The molecule has 5 N–H and O–H groups in total. The van der Waals surface area contributed by atoms with Crippen molar-refractivity contribution in [2.24, 2.45) is 9.98 Å². The molecule has 0 aromatic heterocycles. The van der Waals surface area contributed by atoms with Crippen molar-refractivity contribution in [3.63, 3.8) is 0 Å². The Morgan fingerprint density at radius 3 is 1.54 bits per heavy atom. The zero-order valence-electron chi connectivity index (χ0n) is 16.0. The Labute approximate surface area is 164 Å². The lowest BCUT2D eigenvalue weighted by molar-refractivity contribution is 0.192. The Morgan fingerprint density at radius 1 is 0.786 bits per heavy atom. The predicted molar refractivity (Wildman–Crippen MR) is 108 cm³/mol. The highest BCUT2D eigenvalue weighted by atomic mass is 16.3. The van der Waals surface area contributed by atoms with E-state index in [9.17, 15) is 25.5 Å². The molecule has 150 valence electrons. The molecule has 0 aliphatic heterocycles. The van der Waals surface area contributed by atoms with Crippen molar-refractivity contribution < 1.29 is 25.5 Å². The minimum absolute atomic E-state index is 0.0287. The monoisotopic (exact) mass is 386 g/mol. The Kier molecular flexibility index (Phi) is 7.69. The average Bonchev–Trinajstić information content (AvgIpc) is 2.66. The van der Waals surface area contributed by atoms with Gasteiger partial charge in [-0.15, -0.1) is 0 Å². The number of phenols is 2. The molecule has 0 atom stereocenters. The lowest BCUT2D eigenvalue weighted by atomic mass is 10.1. The first kappa shape index (κ1) is 21.6. The molecule has 28 heavy (non-hydrogen) atoms. The highest BCUT2D eigenvalue weighted by Crippen LogP contribution is 2.24. The predicted octanol–water partition coefficient (Wildman–Crippen LogP) is 1.60. The first-order valence-corrected chi connectivity index (χ1v) is 8.90. The van der Waals surface area contributed by atoms with Crippen LogP contribution in [0.15, 0.2) is 34.3 Å². The van der Waals surface area contributed by atoms with Gasteiger partial charge in [0.05, 0.1) is 32.4 Å². The third-order valence-electron chi connectivity index (χ3n) is 4.16. The molecule has 0 unspecified atom stereocenters. The SMILES string of the molecule is Cc1cc(C=NCC(O)CN=Cc2cc(C)cc(CO)c2O)c(O)c(CO)c1. The Bertz CT molecular complexity index is 806. The fraction of sp³-hybridized carbons (Fsp3) is 0.333. The van der Waals surface area contributed by atoms with Crippen LogP contribution in [0, 0.1) is 13.8 Å². The maximum Gasteiger partial charge on any atom is 0.129 e. The topological polar surface area (TPSA) is 126 Å². The number of rotatable bonds is 8. The molecule has 2 rings (SSSR count). The third-order valence-corrected chi connectivity index (χ3v) is 4.16. The van der Waals surface area contributed by atoms with E-state index in [1.54, 1.807) is 24.3 Å². The summed E-state index contributed by atoms with van der Waals surface area (Å²) in [6, 6.07) is 6.86. The normalized spacial score (nSPS) is 12.9. The Hall–Kier alpha value is -2.74. The highest BCUT2D eigenvalue weighted by Gasteiger charge is 2.08. The van der Waals surface area contributed by atoms with E-state index in [0.29, 0.717) is 22.3 Å². The van der Waals surface area contributed by atoms with E-state index >= 15 is 0 Å². The summed E-state index contributed by atoms with van der Waals surface area (Å²) in [5, 5.41) is 48.6. The summed E-state index contributed by atoms with van der Waals surface area (Å²) in [4.78, 5) is 8.26. The smallest absolute Gasteiger partial charge is 0.129 e. The van der Waals surface area contributed by atoms with E-state index in [1.165, 1.54) is 12.4 Å². The first-order chi connectivity index (χ1) is 13.3. The van der Waals surface area contributed by atoms with Gasteiger partial charge in [-0.3, -0.25) is 9.98 Å². The summed E-state index contributed by atoms with van der Waals surface area (Å²) < 4.78 is 0. The van der Waals surface area contributed by atoms with Gasteiger partial charge in [-0.05, 0) is 37.1 Å². The van der Waals surface area contributed by atoms with Crippen molar-refractivity contribution in [3.05, 3.63) is 57.6 Å². The molecule has 0 radical (unpaired) electrons. The minimum atomic E-state index is -0.832. The number of aryl methyl sites for hydroxylation is 2. The summed E-state index contributed by atoms with van der Waals surface area (Å²) in [5.74, 6) is -0.0575. The van der Waals surface area contributed by atoms with E-state index in [-0.39, 0.29) is 37.8 Å². The first-order valence-electron chi connectivity index (χ1n) is 8.90. The maximum atomic E-state index is 10.1. The van der Waals surface area contributed by atoms with E-state index < -0.39 is 6.10 Å². The molecule has 0 saturated carbocycles. The molecule has 0 fully saturated rings. The summed E-state index contributed by atoms with van der Waals surface area (Å²) in [6.07, 6.45) is 2.07. The molecule has 0 amide bonds. The minimum Gasteiger partial charge on any atom is -0.507 e. The van der Waals surface area contributed by atoms with Crippen LogP contribution < -0.4 is 0 Å². The van der Waals surface area contributed by atoms with Crippen LogP contribution in [-0.4, -0.2) is 57.2 Å². The van der Waals surface area contributed by atoms with Crippen LogP contribution in [0.2, 0.25) is 0 Å². The van der Waals surface area contributed by atoms with Crippen molar-refractivity contribution in [1.82, 2.24) is 0 Å². The van der Waals surface area contributed by atoms with Gasteiger partial charge in [-0.1, -0.05) is 12.1 Å². The van der Waals surface area contributed by atoms with Gasteiger partial charge >= 0.3 is 0 Å². The largest absolute Gasteiger partial charge is 0.507 e. The highest BCUT2D eigenvalue weighted by molar-refractivity contribution is 5.85. The molecular formula is C21H26N2O5. The second-order valence-corrected chi connectivity index (χ2v) is 6.68. The number of aliphatic imine (C=N–C) groups is 2. The average molecular weight is 386 g/mol. The number of aliphatic hydroxyl groups is 3. The molecule has 0 bridgehead atoms. The van der Waals surface area contributed by atoms with Crippen LogP contribution >= 0.6 is 0 Å². The molecule has 2 aromatic carbocycles. The van der Waals surface area contributed by atoms with Crippen molar-refractivity contribution >= 4 is 12.4 Å². The van der Waals surface area contributed by atoms with Crippen LogP contribution in [0.5, 0.6) is 11.5 Å². The van der Waals surface area contributed by atoms with E-state index in [0.717, 1.165) is 11.1 Å². The quantitative estimate of drug-likeness (QED) is 0.441. The Morgan fingerprint density at radius 2 is 1.18 bits per heavy atom. The van der Waals surface area contributed by atoms with Gasteiger partial charge in [-0.2, -0.15) is 0 Å². The molecule has 7 heteroatoms. The van der Waals surface area contributed by atoms with Gasteiger partial charge in [-0.25, -0.2) is 0 Å². The van der Waals surface area contributed by atoms with E-state index in [1.807, 2.05) is 13.8 Å². The number of benzene rings is 2. The molecule has 2 aromatic rings. The molecule has 0 aliphatic rings. The molecule has 0 spiro atoms. The summed E-state index contributed by atoms with van der Waals surface area (Å²) >= 11 is 0. The van der Waals surface area contributed by atoms with Gasteiger partial charge in [0.1, 0.15) is 11.5 Å². The number of hydrogen-bond donors (Lipinski definition) is 5. The van der Waals surface area contributed by atoms with Crippen LogP contribution in [0.3, 0.4) is 0 Å². The second kappa shape index (κ2) is 9.98. The van der Waals surface area contributed by atoms with E-state index in [4.69, 9.17) is 0 Å². The fourth-order valence-electron chi connectivity index (χ4n) is 2.81. The maximum absolute atomic E-state index is 10.1. The van der Waals surface area contributed by atoms with Gasteiger partial charge in [0, 0.05) is 34.7 Å². The third kappa shape index (κ3) is 5.63. The zero-order chi connectivity index (χ0) is 20.7. The summed E-state index contributed by atoms with van der Waals surface area (Å²) in [6.45, 7) is 3.33. The number of nitrogens with zero attached hydrogens (tertiary/aromatic N) is 2. The second-order valence-electron chi connectivity index (χ2n) is 6.68. The van der Waals surface area contributed by atoms with Gasteiger partial charge in [0.2, 0.25) is 0 Å². The van der Waals surface area contributed by atoms with Gasteiger partial charge in [0.25, 0.3) is 0 Å². The number of aromatic hydroxyl groups is 2. The lowest BCUT2D eigenvalue weighted by Crippen LogP contribution is -2.15. The number of aliphatic hydroxyl groups excluding tert-OH is 3. The van der Waals surface area contributed by atoms with Crippen molar-refractivity contribution in [1.29, 1.82) is 0 Å². The zero-order valence-corrected chi connectivity index (χ0v) is 16.0. The Balaban J connectivity index is 1.98. The summed E-state index contributed by atoms with van der Waals surface area (Å²) in [5.41, 5.74) is 3.56. The van der Waals surface area contributed by atoms with Gasteiger partial charge < -0.3 is 25.5 Å². The van der Waals surface area contributed by atoms with Gasteiger partial charge in [0.15, 0.2) is 0 Å². The fourth-order valence-corrected chi connectivity index (χ4v) is 2.81. The molecular weight excluding hydrogens is 360 g/mol. The standard InChI is InChI=1S/C21H26N2O5/c1-13-3-15(20(27)17(5-13)11-24)7-22-9-19(26)10-23-8-16-4-14(2)6-18(12-25)21(16)28/h3-8,19,24-28H,9-12H2,1-2H3. The van der Waals surface area contributed by atoms with Crippen molar-refractivity contribution in [3.8, 4) is 11.5 Å². The number of hydrogen-bond acceptors (Lipinski definition) is 7.